The van der Waals surface area contributed by atoms with Gasteiger partial charge in [0.25, 0.3) is 0 Å². The molecular weight excluding hydrogens is 288 g/mol. The fraction of sp³-hybridized carbons (Fsp3) is 0.867. The third kappa shape index (κ3) is 10.5. The van der Waals surface area contributed by atoms with Gasteiger partial charge in [-0.05, 0) is 46.3 Å². The summed E-state index contributed by atoms with van der Waals surface area (Å²) in [6.45, 7) is 11.4. The van der Waals surface area contributed by atoms with Gasteiger partial charge in [-0.2, -0.15) is 11.8 Å². The molecule has 2 N–H and O–H groups in total. The van der Waals surface area contributed by atoms with Gasteiger partial charge in [-0.15, -0.1) is 0 Å². The van der Waals surface area contributed by atoms with E-state index < -0.39 is 17.7 Å². The maximum absolute atomic E-state index is 12.3. The normalized spacial score (nSPS) is 14.5. The van der Waals surface area contributed by atoms with Crippen molar-refractivity contribution in [3.8, 4) is 0 Å². The summed E-state index contributed by atoms with van der Waals surface area (Å²) in [6.07, 6.45) is 2.02. The van der Waals surface area contributed by atoms with Gasteiger partial charge in [0.2, 0.25) is 5.91 Å². The molecule has 0 aromatic heterocycles. The van der Waals surface area contributed by atoms with Gasteiger partial charge >= 0.3 is 6.09 Å². The Morgan fingerprint density at radius 2 is 1.71 bits per heavy atom. The molecule has 21 heavy (non-hydrogen) atoms. The van der Waals surface area contributed by atoms with Crippen molar-refractivity contribution in [3.05, 3.63) is 0 Å². The van der Waals surface area contributed by atoms with Gasteiger partial charge in [-0.1, -0.05) is 13.8 Å². The minimum absolute atomic E-state index is 0.0719. The first-order valence-corrected chi connectivity index (χ1v) is 8.73. The summed E-state index contributed by atoms with van der Waals surface area (Å²) in [5.41, 5.74) is -0.574. The lowest BCUT2D eigenvalue weighted by molar-refractivity contribution is -0.124. The molecule has 0 spiro atoms. The van der Waals surface area contributed by atoms with E-state index in [1.165, 1.54) is 0 Å². The molecule has 0 aromatic rings. The molecule has 0 aliphatic rings. The standard InChI is InChI=1S/C15H30N2O3S/c1-10(2)8-12(13(18)16-11(3)9-21-7)17-14(19)20-15(4,5)6/h10-12H,8-9H2,1-7H3,(H,16,18)(H,17,19). The van der Waals surface area contributed by atoms with Crippen LogP contribution in [-0.2, 0) is 9.53 Å². The fourth-order valence-electron chi connectivity index (χ4n) is 1.79. The first-order chi connectivity index (χ1) is 9.55. The van der Waals surface area contributed by atoms with Gasteiger partial charge in [0.1, 0.15) is 11.6 Å². The van der Waals surface area contributed by atoms with Crippen LogP contribution in [0.2, 0.25) is 0 Å². The minimum atomic E-state index is -0.574. The highest BCUT2D eigenvalue weighted by atomic mass is 32.2. The minimum Gasteiger partial charge on any atom is -0.444 e. The number of thioether (sulfide) groups is 1. The number of amides is 2. The van der Waals surface area contributed by atoms with Crippen LogP contribution >= 0.6 is 11.8 Å². The predicted octanol–water partition coefficient (Wildman–Crippen LogP) is 2.79. The Hall–Kier alpha value is -0.910. The Kier molecular flexibility index (Phi) is 8.78. The van der Waals surface area contributed by atoms with Crippen molar-refractivity contribution in [2.45, 2.75) is 65.6 Å². The first-order valence-electron chi connectivity index (χ1n) is 7.34. The van der Waals surface area contributed by atoms with E-state index in [-0.39, 0.29) is 11.9 Å². The average molecular weight is 318 g/mol. The van der Waals surface area contributed by atoms with Crippen molar-refractivity contribution in [1.82, 2.24) is 10.6 Å². The van der Waals surface area contributed by atoms with Gasteiger partial charge < -0.3 is 15.4 Å². The lowest BCUT2D eigenvalue weighted by atomic mass is 10.0. The average Bonchev–Trinajstić information content (AvgIpc) is 2.24. The van der Waals surface area contributed by atoms with E-state index in [9.17, 15) is 9.59 Å². The zero-order chi connectivity index (χ0) is 16.6. The molecule has 0 saturated heterocycles. The maximum atomic E-state index is 12.3. The number of hydrogen-bond donors (Lipinski definition) is 2. The van der Waals surface area contributed by atoms with Gasteiger partial charge in [-0.25, -0.2) is 4.79 Å². The van der Waals surface area contributed by atoms with E-state index in [4.69, 9.17) is 4.74 Å². The van der Waals surface area contributed by atoms with E-state index in [1.807, 2.05) is 27.0 Å². The lowest BCUT2D eigenvalue weighted by Gasteiger charge is -2.25. The molecule has 2 amide bonds. The third-order valence-corrected chi connectivity index (χ3v) is 3.35. The number of alkyl carbamates (subject to hydrolysis) is 1. The van der Waals surface area contributed by atoms with E-state index in [1.54, 1.807) is 32.5 Å². The summed E-state index contributed by atoms with van der Waals surface area (Å²) in [6, 6.07) is -0.494. The molecule has 0 radical (unpaired) electrons. The number of carbonyl (C=O) groups excluding carboxylic acids is 2. The van der Waals surface area contributed by atoms with Crippen LogP contribution < -0.4 is 10.6 Å². The van der Waals surface area contributed by atoms with Crippen molar-refractivity contribution >= 4 is 23.8 Å². The Bertz CT molecular complexity index is 340. The summed E-state index contributed by atoms with van der Waals surface area (Å²) in [5, 5.41) is 5.60. The van der Waals surface area contributed by atoms with Gasteiger partial charge in [0.15, 0.2) is 0 Å². The maximum Gasteiger partial charge on any atom is 0.408 e. The third-order valence-electron chi connectivity index (χ3n) is 2.52. The molecule has 0 aliphatic carbocycles. The molecule has 6 heteroatoms. The molecular formula is C15H30N2O3S. The second kappa shape index (κ2) is 9.18. The van der Waals surface area contributed by atoms with Crippen molar-refractivity contribution in [3.63, 3.8) is 0 Å². The molecule has 0 heterocycles. The Morgan fingerprint density at radius 1 is 1.14 bits per heavy atom. The number of rotatable bonds is 7. The summed E-state index contributed by atoms with van der Waals surface area (Å²) >= 11 is 1.67. The largest absolute Gasteiger partial charge is 0.444 e. The van der Waals surface area contributed by atoms with Crippen molar-refractivity contribution < 1.29 is 14.3 Å². The van der Waals surface area contributed by atoms with Crippen LogP contribution in [-0.4, -0.2) is 41.7 Å². The molecule has 124 valence electrons. The van der Waals surface area contributed by atoms with Crippen LogP contribution in [0.4, 0.5) is 4.79 Å². The van der Waals surface area contributed by atoms with Crippen molar-refractivity contribution in [2.24, 2.45) is 5.92 Å². The second-order valence-electron chi connectivity index (χ2n) is 6.69. The molecule has 0 rings (SSSR count). The molecule has 0 saturated carbocycles. The smallest absolute Gasteiger partial charge is 0.408 e. The van der Waals surface area contributed by atoms with Crippen molar-refractivity contribution in [2.75, 3.05) is 12.0 Å². The lowest BCUT2D eigenvalue weighted by Crippen LogP contribution is -2.51. The number of ether oxygens (including phenoxy) is 1. The van der Waals surface area contributed by atoms with Crippen molar-refractivity contribution in [1.29, 1.82) is 0 Å². The Morgan fingerprint density at radius 3 is 2.14 bits per heavy atom. The number of nitrogens with one attached hydrogen (secondary N) is 2. The molecule has 0 fully saturated rings. The molecule has 5 nitrogen and oxygen atoms in total. The van der Waals surface area contributed by atoms with Crippen LogP contribution in [0.25, 0.3) is 0 Å². The summed E-state index contributed by atoms with van der Waals surface area (Å²) in [7, 11) is 0. The highest BCUT2D eigenvalue weighted by Crippen LogP contribution is 2.10. The van der Waals surface area contributed by atoms with Crippen LogP contribution in [0.1, 0.15) is 48.0 Å². The SMILES string of the molecule is CSCC(C)NC(=O)C(CC(C)C)NC(=O)OC(C)(C)C. The van der Waals surface area contributed by atoms with E-state index in [0.29, 0.717) is 12.3 Å². The molecule has 0 aromatic carbocycles. The zero-order valence-electron chi connectivity index (χ0n) is 14.3. The Labute approximate surface area is 133 Å². The number of hydrogen-bond acceptors (Lipinski definition) is 4. The van der Waals surface area contributed by atoms with Gasteiger partial charge in [0, 0.05) is 11.8 Å². The monoisotopic (exact) mass is 318 g/mol. The quantitative estimate of drug-likeness (QED) is 0.757. The summed E-state index contributed by atoms with van der Waals surface area (Å²) in [4.78, 5) is 24.1. The topological polar surface area (TPSA) is 67.4 Å². The molecule has 2 atom stereocenters. The van der Waals surface area contributed by atoms with Crippen LogP contribution in [0.3, 0.4) is 0 Å². The molecule has 0 bridgehead atoms. The summed E-state index contributed by atoms with van der Waals surface area (Å²) in [5.74, 6) is 0.981. The van der Waals surface area contributed by atoms with Crippen LogP contribution in [0.15, 0.2) is 0 Å². The highest BCUT2D eigenvalue weighted by molar-refractivity contribution is 7.98. The predicted molar refractivity (Wildman–Crippen MR) is 88.6 cm³/mol. The highest BCUT2D eigenvalue weighted by Gasteiger charge is 2.25. The van der Waals surface area contributed by atoms with Crippen LogP contribution in [0.5, 0.6) is 0 Å². The summed E-state index contributed by atoms with van der Waals surface area (Å²) < 4.78 is 5.22. The molecule has 0 aliphatic heterocycles. The molecule has 2 unspecified atom stereocenters. The van der Waals surface area contributed by atoms with Crippen LogP contribution in [0, 0.1) is 5.92 Å². The Balaban J connectivity index is 4.64. The fourth-order valence-corrected chi connectivity index (χ4v) is 2.37. The van der Waals surface area contributed by atoms with Gasteiger partial charge in [-0.3, -0.25) is 4.79 Å². The van der Waals surface area contributed by atoms with E-state index >= 15 is 0 Å². The second-order valence-corrected chi connectivity index (χ2v) is 7.60. The van der Waals surface area contributed by atoms with E-state index in [0.717, 1.165) is 5.75 Å². The number of carbonyl (C=O) groups is 2. The zero-order valence-corrected chi connectivity index (χ0v) is 15.1. The first kappa shape index (κ1) is 20.1. The van der Waals surface area contributed by atoms with E-state index in [2.05, 4.69) is 10.6 Å². The van der Waals surface area contributed by atoms with Gasteiger partial charge in [0.05, 0.1) is 0 Å².